The number of pyridine rings is 1. The molecule has 1 aromatic carbocycles. The van der Waals surface area contributed by atoms with Gasteiger partial charge in [-0.15, -0.1) is 0 Å². The summed E-state index contributed by atoms with van der Waals surface area (Å²) in [6.07, 6.45) is 1.83. The van der Waals surface area contributed by atoms with Gasteiger partial charge < -0.3 is 15.4 Å². The molecule has 1 aliphatic rings. The van der Waals surface area contributed by atoms with Gasteiger partial charge in [-0.05, 0) is 39.7 Å². The quantitative estimate of drug-likeness (QED) is 0.893. The monoisotopic (exact) mass is 305 g/mol. The first-order valence-corrected chi connectivity index (χ1v) is 6.38. The molecule has 0 aliphatic carbocycles. The summed E-state index contributed by atoms with van der Waals surface area (Å²) < 4.78 is 6.11. The molecule has 1 atom stereocenters. The van der Waals surface area contributed by atoms with Crippen molar-refractivity contribution in [3.63, 3.8) is 0 Å². The van der Waals surface area contributed by atoms with Gasteiger partial charge in [0, 0.05) is 10.7 Å². The van der Waals surface area contributed by atoms with E-state index in [1.165, 1.54) is 0 Å². The van der Waals surface area contributed by atoms with Crippen LogP contribution in [0.3, 0.4) is 0 Å². The number of rotatable bonds is 2. The largest absolute Gasteiger partial charge is 0.497 e. The fourth-order valence-corrected chi connectivity index (χ4v) is 2.29. The number of fused-ring (bicyclic) bond motifs is 1. The highest BCUT2D eigenvalue weighted by Crippen LogP contribution is 2.35. The van der Waals surface area contributed by atoms with Crippen molar-refractivity contribution >= 4 is 27.4 Å². The van der Waals surface area contributed by atoms with Gasteiger partial charge in [0.2, 0.25) is 0 Å². The van der Waals surface area contributed by atoms with E-state index in [0.29, 0.717) is 0 Å². The summed E-state index contributed by atoms with van der Waals surface area (Å²) in [5, 5.41) is 6.72. The molecule has 4 nitrogen and oxygen atoms in total. The van der Waals surface area contributed by atoms with Crippen molar-refractivity contribution in [2.45, 2.75) is 6.17 Å². The van der Waals surface area contributed by atoms with Gasteiger partial charge in [0.25, 0.3) is 0 Å². The van der Waals surface area contributed by atoms with Gasteiger partial charge in [-0.2, -0.15) is 0 Å². The lowest BCUT2D eigenvalue weighted by atomic mass is 10.2. The Morgan fingerprint density at radius 1 is 1.22 bits per heavy atom. The minimum Gasteiger partial charge on any atom is -0.497 e. The summed E-state index contributed by atoms with van der Waals surface area (Å²) >= 11 is 3.41. The van der Waals surface area contributed by atoms with Crippen LogP contribution in [0.2, 0.25) is 0 Å². The molecule has 18 heavy (non-hydrogen) atoms. The number of methoxy groups -OCH3 is 1. The van der Waals surface area contributed by atoms with E-state index in [1.807, 2.05) is 30.3 Å². The first-order valence-electron chi connectivity index (χ1n) is 5.59. The predicted molar refractivity (Wildman–Crippen MR) is 74.9 cm³/mol. The van der Waals surface area contributed by atoms with E-state index in [2.05, 4.69) is 31.5 Å². The molecule has 92 valence electrons. The molecule has 1 aliphatic heterocycles. The number of nitrogens with zero attached hydrogens (tertiary/aromatic N) is 1. The number of hydrogen-bond donors (Lipinski definition) is 2. The minimum absolute atomic E-state index is 0.0488. The smallest absolute Gasteiger partial charge is 0.151 e. The summed E-state index contributed by atoms with van der Waals surface area (Å²) in [4.78, 5) is 4.32. The molecule has 0 saturated heterocycles. The molecule has 0 bridgehead atoms. The number of aromatic nitrogens is 1. The Labute approximate surface area is 114 Å². The molecular formula is C13H12BrN3O. The van der Waals surface area contributed by atoms with Crippen molar-refractivity contribution < 1.29 is 4.74 Å². The van der Waals surface area contributed by atoms with E-state index in [1.54, 1.807) is 13.3 Å². The first kappa shape index (κ1) is 11.3. The molecular weight excluding hydrogens is 294 g/mol. The molecule has 0 radical (unpaired) electrons. The lowest BCUT2D eigenvalue weighted by Crippen LogP contribution is -2.11. The van der Waals surface area contributed by atoms with Gasteiger partial charge in [-0.3, -0.25) is 0 Å². The highest BCUT2D eigenvalue weighted by atomic mass is 79.9. The van der Waals surface area contributed by atoms with E-state index in [9.17, 15) is 0 Å². The van der Waals surface area contributed by atoms with Crippen LogP contribution in [0.5, 0.6) is 5.75 Å². The average molecular weight is 306 g/mol. The van der Waals surface area contributed by atoms with Crippen molar-refractivity contribution in [2.75, 3.05) is 17.7 Å². The number of benzene rings is 1. The highest BCUT2D eigenvalue weighted by molar-refractivity contribution is 9.10. The number of nitrogens with one attached hydrogen (secondary N) is 2. The molecule has 5 heteroatoms. The lowest BCUT2D eigenvalue weighted by Gasteiger charge is -2.12. The number of ether oxygens (including phenoxy) is 1. The zero-order chi connectivity index (χ0) is 12.5. The van der Waals surface area contributed by atoms with Gasteiger partial charge in [0.1, 0.15) is 11.9 Å². The summed E-state index contributed by atoms with van der Waals surface area (Å²) in [6.45, 7) is 0. The van der Waals surface area contributed by atoms with Crippen molar-refractivity contribution in [3.8, 4) is 5.75 Å². The van der Waals surface area contributed by atoms with Crippen LogP contribution in [0.4, 0.5) is 11.5 Å². The molecule has 3 rings (SSSR count). The SMILES string of the molecule is COc1ccc(C2Nc3cc(Br)cnc3N2)cc1. The van der Waals surface area contributed by atoms with Crippen LogP contribution in [0.25, 0.3) is 0 Å². The molecule has 0 spiro atoms. The normalized spacial score (nSPS) is 16.7. The third-order valence-electron chi connectivity index (χ3n) is 2.88. The molecule has 2 N–H and O–H groups in total. The Morgan fingerprint density at radius 2 is 2.00 bits per heavy atom. The van der Waals surface area contributed by atoms with Crippen LogP contribution >= 0.6 is 15.9 Å². The highest BCUT2D eigenvalue weighted by Gasteiger charge is 2.21. The second-order valence-corrected chi connectivity index (χ2v) is 4.96. The van der Waals surface area contributed by atoms with E-state index in [4.69, 9.17) is 4.74 Å². The summed E-state index contributed by atoms with van der Waals surface area (Å²) in [7, 11) is 1.67. The Bertz CT molecular complexity index is 571. The van der Waals surface area contributed by atoms with Crippen LogP contribution in [0.1, 0.15) is 11.7 Å². The molecule has 0 saturated carbocycles. The van der Waals surface area contributed by atoms with E-state index < -0.39 is 0 Å². The third-order valence-corrected chi connectivity index (χ3v) is 3.32. The van der Waals surface area contributed by atoms with Gasteiger partial charge in [0.15, 0.2) is 5.82 Å². The zero-order valence-electron chi connectivity index (χ0n) is 9.77. The Balaban J connectivity index is 1.84. The van der Waals surface area contributed by atoms with Crippen molar-refractivity contribution in [1.29, 1.82) is 0 Å². The molecule has 1 unspecified atom stereocenters. The van der Waals surface area contributed by atoms with E-state index in [-0.39, 0.29) is 6.17 Å². The third kappa shape index (κ3) is 2.01. The molecule has 2 aromatic rings. The second kappa shape index (κ2) is 4.49. The molecule has 0 fully saturated rings. The van der Waals surface area contributed by atoms with Crippen molar-refractivity contribution in [3.05, 3.63) is 46.6 Å². The predicted octanol–water partition coefficient (Wildman–Crippen LogP) is 3.39. The van der Waals surface area contributed by atoms with Crippen LogP contribution < -0.4 is 15.4 Å². The average Bonchev–Trinajstić information content (AvgIpc) is 2.81. The lowest BCUT2D eigenvalue weighted by molar-refractivity contribution is 0.414. The molecule has 0 amide bonds. The van der Waals surface area contributed by atoms with E-state index in [0.717, 1.165) is 27.3 Å². The maximum atomic E-state index is 5.15. The van der Waals surface area contributed by atoms with Crippen LogP contribution in [0.15, 0.2) is 41.0 Å². The van der Waals surface area contributed by atoms with Crippen LogP contribution in [0, 0.1) is 0 Å². The number of halogens is 1. The Kier molecular flexibility index (Phi) is 2.83. The van der Waals surface area contributed by atoms with Gasteiger partial charge >= 0.3 is 0 Å². The maximum absolute atomic E-state index is 5.15. The maximum Gasteiger partial charge on any atom is 0.151 e. The minimum atomic E-state index is 0.0488. The van der Waals surface area contributed by atoms with Gasteiger partial charge in [0.05, 0.1) is 12.8 Å². The van der Waals surface area contributed by atoms with Gasteiger partial charge in [-0.25, -0.2) is 4.98 Å². The summed E-state index contributed by atoms with van der Waals surface area (Å²) in [5.74, 6) is 1.73. The fraction of sp³-hybridized carbons (Fsp3) is 0.154. The van der Waals surface area contributed by atoms with E-state index >= 15 is 0 Å². The Morgan fingerprint density at radius 3 is 2.72 bits per heavy atom. The van der Waals surface area contributed by atoms with Crippen LogP contribution in [-0.2, 0) is 0 Å². The molecule has 2 heterocycles. The van der Waals surface area contributed by atoms with Crippen molar-refractivity contribution in [2.24, 2.45) is 0 Å². The van der Waals surface area contributed by atoms with Crippen molar-refractivity contribution in [1.82, 2.24) is 4.98 Å². The topological polar surface area (TPSA) is 46.2 Å². The standard InChI is InChI=1S/C13H12BrN3O/c1-18-10-4-2-8(3-5-10)12-16-11-6-9(14)7-15-13(11)17-12/h2-7,12,16H,1H3,(H,15,17). The number of hydrogen-bond acceptors (Lipinski definition) is 4. The van der Waals surface area contributed by atoms with Gasteiger partial charge in [-0.1, -0.05) is 12.1 Å². The number of anilines is 2. The summed E-state index contributed by atoms with van der Waals surface area (Å²) in [6, 6.07) is 9.98. The fourth-order valence-electron chi connectivity index (χ4n) is 1.96. The second-order valence-electron chi connectivity index (χ2n) is 4.04. The first-order chi connectivity index (χ1) is 8.76. The van der Waals surface area contributed by atoms with Crippen LogP contribution in [-0.4, -0.2) is 12.1 Å². The Hall–Kier alpha value is -1.75. The molecule has 1 aromatic heterocycles. The zero-order valence-corrected chi connectivity index (χ0v) is 11.4. The summed E-state index contributed by atoms with van der Waals surface area (Å²) in [5.41, 5.74) is 2.15.